The summed E-state index contributed by atoms with van der Waals surface area (Å²) in [6.07, 6.45) is 0.979. The SMILES string of the molecule is CCNC1COc2cccc(OC)c2C1.Cl. The monoisotopic (exact) mass is 243 g/mol. The Labute approximate surface area is 103 Å². The van der Waals surface area contributed by atoms with Gasteiger partial charge in [-0.3, -0.25) is 0 Å². The summed E-state index contributed by atoms with van der Waals surface area (Å²) in [5, 5.41) is 3.40. The van der Waals surface area contributed by atoms with E-state index in [4.69, 9.17) is 9.47 Å². The predicted octanol–water partition coefficient (Wildman–Crippen LogP) is 2.03. The van der Waals surface area contributed by atoms with Crippen LogP contribution in [0.25, 0.3) is 0 Å². The van der Waals surface area contributed by atoms with Crippen molar-refractivity contribution in [1.82, 2.24) is 5.32 Å². The Hall–Kier alpha value is -0.930. The van der Waals surface area contributed by atoms with Crippen molar-refractivity contribution in [3.63, 3.8) is 0 Å². The van der Waals surface area contributed by atoms with Gasteiger partial charge in [-0.2, -0.15) is 0 Å². The zero-order chi connectivity index (χ0) is 10.7. The van der Waals surface area contributed by atoms with E-state index < -0.39 is 0 Å². The maximum atomic E-state index is 5.69. The van der Waals surface area contributed by atoms with Crippen molar-refractivity contribution in [1.29, 1.82) is 0 Å². The molecule has 0 saturated heterocycles. The Morgan fingerprint density at radius 1 is 1.50 bits per heavy atom. The fourth-order valence-corrected chi connectivity index (χ4v) is 1.99. The molecule has 1 N–H and O–H groups in total. The van der Waals surface area contributed by atoms with Gasteiger partial charge < -0.3 is 14.8 Å². The topological polar surface area (TPSA) is 30.5 Å². The second-order valence-corrected chi connectivity index (χ2v) is 3.71. The molecule has 3 nitrogen and oxygen atoms in total. The second-order valence-electron chi connectivity index (χ2n) is 3.71. The van der Waals surface area contributed by atoms with Gasteiger partial charge >= 0.3 is 0 Å². The number of hydrogen-bond acceptors (Lipinski definition) is 3. The van der Waals surface area contributed by atoms with Crippen molar-refractivity contribution in [2.24, 2.45) is 0 Å². The van der Waals surface area contributed by atoms with Crippen molar-refractivity contribution >= 4 is 12.4 Å². The summed E-state index contributed by atoms with van der Waals surface area (Å²) < 4.78 is 11.0. The molecule has 1 atom stereocenters. The lowest BCUT2D eigenvalue weighted by molar-refractivity contribution is 0.236. The third-order valence-corrected chi connectivity index (χ3v) is 2.69. The molecule has 90 valence electrons. The predicted molar refractivity (Wildman–Crippen MR) is 66.9 cm³/mol. The van der Waals surface area contributed by atoms with Crippen molar-refractivity contribution in [2.75, 3.05) is 20.3 Å². The zero-order valence-corrected chi connectivity index (χ0v) is 10.5. The maximum Gasteiger partial charge on any atom is 0.126 e. The largest absolute Gasteiger partial charge is 0.496 e. The fourth-order valence-electron chi connectivity index (χ4n) is 1.99. The third kappa shape index (κ3) is 2.60. The van der Waals surface area contributed by atoms with Gasteiger partial charge in [0.1, 0.15) is 18.1 Å². The lowest BCUT2D eigenvalue weighted by Gasteiger charge is -2.26. The first kappa shape index (κ1) is 13.1. The molecule has 0 spiro atoms. The molecular weight excluding hydrogens is 226 g/mol. The van der Waals surface area contributed by atoms with E-state index in [1.165, 1.54) is 5.56 Å². The number of methoxy groups -OCH3 is 1. The quantitative estimate of drug-likeness (QED) is 0.881. The molecule has 0 saturated carbocycles. The second kappa shape index (κ2) is 5.97. The number of hydrogen-bond donors (Lipinski definition) is 1. The average Bonchev–Trinajstić information content (AvgIpc) is 2.28. The smallest absolute Gasteiger partial charge is 0.126 e. The number of benzene rings is 1. The summed E-state index contributed by atoms with van der Waals surface area (Å²) in [4.78, 5) is 0. The lowest BCUT2D eigenvalue weighted by atomic mass is 10.0. The van der Waals surface area contributed by atoms with E-state index in [0.717, 1.165) is 31.1 Å². The van der Waals surface area contributed by atoms with Crippen molar-refractivity contribution in [3.8, 4) is 11.5 Å². The Balaban J connectivity index is 0.00000128. The Bertz CT molecular complexity index is 330. The number of ether oxygens (including phenoxy) is 2. The molecule has 0 radical (unpaired) electrons. The van der Waals surface area contributed by atoms with Crippen LogP contribution in [0.2, 0.25) is 0 Å². The van der Waals surface area contributed by atoms with Crippen LogP contribution in [0.15, 0.2) is 18.2 Å². The first-order valence-electron chi connectivity index (χ1n) is 5.37. The van der Waals surface area contributed by atoms with E-state index in [2.05, 4.69) is 12.2 Å². The van der Waals surface area contributed by atoms with E-state index in [0.29, 0.717) is 6.04 Å². The van der Waals surface area contributed by atoms with E-state index in [1.54, 1.807) is 7.11 Å². The molecule has 0 fully saturated rings. The minimum absolute atomic E-state index is 0. The molecule has 1 aromatic carbocycles. The van der Waals surface area contributed by atoms with Crippen LogP contribution in [0.5, 0.6) is 11.5 Å². The molecule has 0 amide bonds. The summed E-state index contributed by atoms with van der Waals surface area (Å²) >= 11 is 0. The zero-order valence-electron chi connectivity index (χ0n) is 9.66. The summed E-state index contributed by atoms with van der Waals surface area (Å²) in [7, 11) is 1.70. The third-order valence-electron chi connectivity index (χ3n) is 2.69. The fraction of sp³-hybridized carbons (Fsp3) is 0.500. The van der Waals surface area contributed by atoms with Gasteiger partial charge in [-0.1, -0.05) is 13.0 Å². The minimum Gasteiger partial charge on any atom is -0.496 e. The van der Waals surface area contributed by atoms with Crippen LogP contribution in [0, 0.1) is 0 Å². The van der Waals surface area contributed by atoms with Gasteiger partial charge in [-0.15, -0.1) is 12.4 Å². The molecule has 1 aromatic rings. The van der Waals surface area contributed by atoms with Crippen LogP contribution in [0.4, 0.5) is 0 Å². The number of likely N-dealkylation sites (N-methyl/N-ethyl adjacent to an activating group) is 1. The molecule has 1 aliphatic rings. The molecule has 2 rings (SSSR count). The molecule has 0 aromatic heterocycles. The summed E-state index contributed by atoms with van der Waals surface area (Å²) in [5.41, 5.74) is 1.18. The normalized spacial score (nSPS) is 18.0. The van der Waals surface area contributed by atoms with Crippen LogP contribution in [-0.4, -0.2) is 26.3 Å². The molecule has 0 bridgehead atoms. The van der Waals surface area contributed by atoms with Crippen molar-refractivity contribution < 1.29 is 9.47 Å². The maximum absolute atomic E-state index is 5.69. The molecule has 4 heteroatoms. The van der Waals surface area contributed by atoms with Crippen LogP contribution in [0.3, 0.4) is 0 Å². The highest BCUT2D eigenvalue weighted by Gasteiger charge is 2.21. The van der Waals surface area contributed by atoms with Crippen molar-refractivity contribution in [2.45, 2.75) is 19.4 Å². The molecular formula is C12H18ClNO2. The van der Waals surface area contributed by atoms with Gasteiger partial charge in [-0.05, 0) is 25.1 Å². The van der Waals surface area contributed by atoms with Crippen LogP contribution < -0.4 is 14.8 Å². The summed E-state index contributed by atoms with van der Waals surface area (Å²) in [6.45, 7) is 3.82. The number of rotatable bonds is 3. The van der Waals surface area contributed by atoms with Gasteiger partial charge in [0, 0.05) is 11.6 Å². The van der Waals surface area contributed by atoms with Crippen LogP contribution in [-0.2, 0) is 6.42 Å². The van der Waals surface area contributed by atoms with E-state index in [-0.39, 0.29) is 12.4 Å². The molecule has 0 aliphatic carbocycles. The molecule has 16 heavy (non-hydrogen) atoms. The van der Waals surface area contributed by atoms with Gasteiger partial charge in [0.15, 0.2) is 0 Å². The highest BCUT2D eigenvalue weighted by atomic mass is 35.5. The first-order valence-corrected chi connectivity index (χ1v) is 5.37. The highest BCUT2D eigenvalue weighted by Crippen LogP contribution is 2.32. The van der Waals surface area contributed by atoms with E-state index in [1.807, 2.05) is 18.2 Å². The van der Waals surface area contributed by atoms with E-state index >= 15 is 0 Å². The molecule has 1 unspecified atom stereocenters. The number of fused-ring (bicyclic) bond motifs is 1. The molecule has 1 heterocycles. The first-order chi connectivity index (χ1) is 7.35. The highest BCUT2D eigenvalue weighted by molar-refractivity contribution is 5.85. The van der Waals surface area contributed by atoms with Gasteiger partial charge in [-0.25, -0.2) is 0 Å². The molecule has 1 aliphatic heterocycles. The number of halogens is 1. The average molecular weight is 244 g/mol. The van der Waals surface area contributed by atoms with Crippen LogP contribution in [0.1, 0.15) is 12.5 Å². The van der Waals surface area contributed by atoms with Gasteiger partial charge in [0.2, 0.25) is 0 Å². The van der Waals surface area contributed by atoms with Gasteiger partial charge in [0.25, 0.3) is 0 Å². The Morgan fingerprint density at radius 2 is 2.31 bits per heavy atom. The van der Waals surface area contributed by atoms with Crippen molar-refractivity contribution in [3.05, 3.63) is 23.8 Å². The van der Waals surface area contributed by atoms with Gasteiger partial charge in [0.05, 0.1) is 7.11 Å². The number of nitrogens with one attached hydrogen (secondary N) is 1. The summed E-state index contributed by atoms with van der Waals surface area (Å²) in [5.74, 6) is 1.89. The Morgan fingerprint density at radius 3 is 3.00 bits per heavy atom. The minimum atomic E-state index is 0. The van der Waals surface area contributed by atoms with Crippen LogP contribution >= 0.6 is 12.4 Å². The Kier molecular flexibility index (Phi) is 4.90. The van der Waals surface area contributed by atoms with E-state index in [9.17, 15) is 0 Å². The standard InChI is InChI=1S/C12H17NO2.ClH/c1-3-13-9-7-10-11(14-2)5-4-6-12(10)15-8-9;/h4-6,9,13H,3,7-8H2,1-2H3;1H. The summed E-state index contributed by atoms with van der Waals surface area (Å²) in [6, 6.07) is 6.35. The lowest BCUT2D eigenvalue weighted by Crippen LogP contribution is -2.39.